The summed E-state index contributed by atoms with van der Waals surface area (Å²) < 4.78 is 7.44. The summed E-state index contributed by atoms with van der Waals surface area (Å²) in [7, 11) is 0. The summed E-state index contributed by atoms with van der Waals surface area (Å²) in [5.74, 6) is 1.62. The van der Waals surface area contributed by atoms with E-state index in [9.17, 15) is 4.79 Å². The number of rotatable bonds is 7. The van der Waals surface area contributed by atoms with Gasteiger partial charge in [0, 0.05) is 23.8 Å². The van der Waals surface area contributed by atoms with Gasteiger partial charge in [-0.15, -0.1) is 11.8 Å². The molecule has 0 saturated carbocycles. The van der Waals surface area contributed by atoms with Crippen LogP contribution in [0.15, 0.2) is 76.8 Å². The second-order valence-electron chi connectivity index (χ2n) is 7.83. The van der Waals surface area contributed by atoms with Crippen molar-refractivity contribution in [3.05, 3.63) is 82.9 Å². The van der Waals surface area contributed by atoms with Crippen LogP contribution in [0.25, 0.3) is 5.69 Å². The van der Waals surface area contributed by atoms with Crippen molar-refractivity contribution in [2.75, 3.05) is 12.4 Å². The maximum Gasteiger partial charge on any atom is 0.287 e. The summed E-state index contributed by atoms with van der Waals surface area (Å²) in [6.07, 6.45) is 4.28. The summed E-state index contributed by atoms with van der Waals surface area (Å²) in [4.78, 5) is 17.1. The lowest BCUT2D eigenvalue weighted by Gasteiger charge is -2.19. The Labute approximate surface area is 170 Å². The summed E-state index contributed by atoms with van der Waals surface area (Å²) in [6.45, 7) is 7.04. The van der Waals surface area contributed by atoms with Crippen LogP contribution in [0.4, 0.5) is 0 Å². The second kappa shape index (κ2) is 9.11. The van der Waals surface area contributed by atoms with Gasteiger partial charge in [-0.2, -0.15) is 0 Å². The Morgan fingerprint density at radius 2 is 1.75 bits per heavy atom. The van der Waals surface area contributed by atoms with Gasteiger partial charge in [0.25, 0.3) is 5.56 Å². The predicted octanol–water partition coefficient (Wildman–Crippen LogP) is 4.99. The predicted molar refractivity (Wildman–Crippen MR) is 116 cm³/mol. The minimum atomic E-state index is -0.0936. The van der Waals surface area contributed by atoms with E-state index in [1.165, 1.54) is 17.3 Å². The van der Waals surface area contributed by atoms with Crippen molar-refractivity contribution >= 4 is 11.8 Å². The van der Waals surface area contributed by atoms with Gasteiger partial charge in [-0.1, -0.05) is 51.1 Å². The molecule has 0 aliphatic heterocycles. The van der Waals surface area contributed by atoms with E-state index in [1.54, 1.807) is 17.0 Å². The van der Waals surface area contributed by atoms with Gasteiger partial charge < -0.3 is 4.74 Å². The third-order valence-corrected chi connectivity index (χ3v) is 5.03. The zero-order chi connectivity index (χ0) is 20.0. The molecule has 0 aliphatic rings. The number of aryl methyl sites for hydroxylation is 1. The second-order valence-corrected chi connectivity index (χ2v) is 8.92. The van der Waals surface area contributed by atoms with E-state index in [4.69, 9.17) is 4.74 Å². The van der Waals surface area contributed by atoms with Crippen LogP contribution >= 0.6 is 11.8 Å². The van der Waals surface area contributed by atoms with Crippen molar-refractivity contribution < 1.29 is 4.74 Å². The number of thioether (sulfide) groups is 1. The standard InChI is InChI=1S/C23H26N2O2S/c1-23(2,3)17-27-20-11-9-19(10-12-20)25-15-14-24-21(22(25)26)28-16-13-18-7-5-4-6-8-18/h4-12,14-15H,13,16-17H2,1-3H3. The maximum atomic E-state index is 12.8. The zero-order valence-electron chi connectivity index (χ0n) is 16.6. The minimum Gasteiger partial charge on any atom is -0.493 e. The fourth-order valence-electron chi connectivity index (χ4n) is 2.61. The molecule has 3 aromatic rings. The molecular formula is C23H26N2O2S. The number of ether oxygens (including phenoxy) is 1. The first-order chi connectivity index (χ1) is 13.4. The molecular weight excluding hydrogens is 368 g/mol. The van der Waals surface area contributed by atoms with Crippen LogP contribution in [0.2, 0.25) is 0 Å². The van der Waals surface area contributed by atoms with Gasteiger partial charge in [-0.3, -0.25) is 9.36 Å². The highest BCUT2D eigenvalue weighted by Gasteiger charge is 2.11. The van der Waals surface area contributed by atoms with Crippen LogP contribution in [0.1, 0.15) is 26.3 Å². The quantitative estimate of drug-likeness (QED) is 0.530. The van der Waals surface area contributed by atoms with Crippen molar-refractivity contribution in [3.63, 3.8) is 0 Å². The smallest absolute Gasteiger partial charge is 0.287 e. The molecule has 0 radical (unpaired) electrons. The van der Waals surface area contributed by atoms with Gasteiger partial charge in [0.05, 0.1) is 6.61 Å². The molecule has 0 N–H and O–H groups in total. The minimum absolute atomic E-state index is 0.0936. The lowest BCUT2D eigenvalue weighted by Crippen LogP contribution is -2.20. The number of nitrogens with zero attached hydrogens (tertiary/aromatic N) is 2. The first-order valence-corrected chi connectivity index (χ1v) is 10.4. The van der Waals surface area contributed by atoms with Crippen LogP contribution in [0, 0.1) is 5.41 Å². The van der Waals surface area contributed by atoms with Gasteiger partial charge in [0.2, 0.25) is 0 Å². The third-order valence-electron chi connectivity index (χ3n) is 4.07. The Bertz CT molecular complexity index is 945. The molecule has 146 valence electrons. The van der Waals surface area contributed by atoms with Crippen molar-refractivity contribution in [2.24, 2.45) is 5.41 Å². The molecule has 28 heavy (non-hydrogen) atoms. The molecule has 0 amide bonds. The normalized spacial score (nSPS) is 11.4. The Kier molecular flexibility index (Phi) is 6.57. The van der Waals surface area contributed by atoms with E-state index >= 15 is 0 Å². The van der Waals surface area contributed by atoms with Crippen LogP contribution in [-0.2, 0) is 6.42 Å². The van der Waals surface area contributed by atoms with E-state index in [0.29, 0.717) is 11.6 Å². The molecule has 0 bridgehead atoms. The molecule has 0 aliphatic carbocycles. The highest BCUT2D eigenvalue weighted by molar-refractivity contribution is 7.99. The fraction of sp³-hybridized carbons (Fsp3) is 0.304. The Hall–Kier alpha value is -2.53. The monoisotopic (exact) mass is 394 g/mol. The van der Waals surface area contributed by atoms with Crippen LogP contribution in [0.3, 0.4) is 0 Å². The first-order valence-electron chi connectivity index (χ1n) is 9.40. The zero-order valence-corrected chi connectivity index (χ0v) is 17.4. The fourth-order valence-corrected chi connectivity index (χ4v) is 3.50. The van der Waals surface area contributed by atoms with Gasteiger partial charge in [0.1, 0.15) is 5.75 Å². The van der Waals surface area contributed by atoms with E-state index in [-0.39, 0.29) is 11.0 Å². The summed E-state index contributed by atoms with van der Waals surface area (Å²) in [6, 6.07) is 17.9. The molecule has 3 rings (SSSR count). The molecule has 0 atom stereocenters. The van der Waals surface area contributed by atoms with Crippen LogP contribution in [0.5, 0.6) is 5.75 Å². The largest absolute Gasteiger partial charge is 0.493 e. The molecule has 0 fully saturated rings. The average molecular weight is 395 g/mol. The van der Waals surface area contributed by atoms with Gasteiger partial charge in [0.15, 0.2) is 5.03 Å². The molecule has 0 unspecified atom stereocenters. The van der Waals surface area contributed by atoms with Crippen molar-refractivity contribution in [2.45, 2.75) is 32.2 Å². The number of benzene rings is 2. The first kappa shape index (κ1) is 20.2. The molecule has 2 aromatic carbocycles. The SMILES string of the molecule is CC(C)(C)COc1ccc(-n2ccnc(SCCc3ccccc3)c2=O)cc1. The van der Waals surface area contributed by atoms with Crippen molar-refractivity contribution in [1.82, 2.24) is 9.55 Å². The lowest BCUT2D eigenvalue weighted by atomic mass is 9.99. The molecule has 4 nitrogen and oxygen atoms in total. The highest BCUT2D eigenvalue weighted by Crippen LogP contribution is 2.20. The van der Waals surface area contributed by atoms with Crippen molar-refractivity contribution in [1.29, 1.82) is 0 Å². The summed E-state index contributed by atoms with van der Waals surface area (Å²) >= 11 is 1.50. The number of aromatic nitrogens is 2. The van der Waals surface area contributed by atoms with E-state index in [2.05, 4.69) is 37.9 Å². The molecule has 1 heterocycles. The van der Waals surface area contributed by atoms with Gasteiger partial charge in [-0.05, 0) is 41.7 Å². The van der Waals surface area contributed by atoms with E-state index in [1.807, 2.05) is 42.5 Å². The Balaban J connectivity index is 1.67. The maximum absolute atomic E-state index is 12.8. The third kappa shape index (κ3) is 5.73. The average Bonchev–Trinajstić information content (AvgIpc) is 2.68. The molecule has 0 saturated heterocycles. The highest BCUT2D eigenvalue weighted by atomic mass is 32.2. The summed E-state index contributed by atoms with van der Waals surface area (Å²) in [5, 5.41) is 0.520. The van der Waals surface area contributed by atoms with E-state index < -0.39 is 0 Å². The molecule has 5 heteroatoms. The van der Waals surface area contributed by atoms with Gasteiger partial charge in [-0.25, -0.2) is 4.98 Å². The summed E-state index contributed by atoms with van der Waals surface area (Å²) in [5.41, 5.74) is 2.08. The Morgan fingerprint density at radius 3 is 2.43 bits per heavy atom. The van der Waals surface area contributed by atoms with Crippen LogP contribution < -0.4 is 10.3 Å². The Morgan fingerprint density at radius 1 is 1.04 bits per heavy atom. The lowest BCUT2D eigenvalue weighted by molar-refractivity contribution is 0.198. The van der Waals surface area contributed by atoms with Crippen molar-refractivity contribution in [3.8, 4) is 11.4 Å². The topological polar surface area (TPSA) is 44.1 Å². The number of hydrogen-bond donors (Lipinski definition) is 0. The molecule has 1 aromatic heterocycles. The van der Waals surface area contributed by atoms with Gasteiger partial charge >= 0.3 is 0 Å². The van der Waals surface area contributed by atoms with E-state index in [0.717, 1.165) is 23.6 Å². The van der Waals surface area contributed by atoms with Crippen LogP contribution in [-0.4, -0.2) is 21.9 Å². The molecule has 0 spiro atoms. The number of hydrogen-bond acceptors (Lipinski definition) is 4.